The van der Waals surface area contributed by atoms with E-state index in [9.17, 15) is 4.79 Å². The molecule has 2 saturated carbocycles. The van der Waals surface area contributed by atoms with Crippen LogP contribution in [-0.2, 0) is 0 Å². The van der Waals surface area contributed by atoms with Crippen LogP contribution in [0, 0.1) is 5.92 Å². The smallest absolute Gasteiger partial charge is 0.358 e. The monoisotopic (exact) mass is 233 g/mol. The average molecular weight is 233 g/mol. The normalized spacial score (nSPS) is 19.1. The van der Waals surface area contributed by atoms with Crippen LogP contribution in [-0.4, -0.2) is 22.7 Å². The van der Waals surface area contributed by atoms with E-state index in [0.717, 1.165) is 18.4 Å². The summed E-state index contributed by atoms with van der Waals surface area (Å²) in [5, 5.41) is 9.13. The Morgan fingerprint density at radius 1 is 1.41 bits per heavy atom. The zero-order valence-corrected chi connectivity index (χ0v) is 9.56. The van der Waals surface area contributed by atoms with Crippen molar-refractivity contribution in [2.24, 2.45) is 5.92 Å². The summed E-state index contributed by atoms with van der Waals surface area (Å²) in [7, 11) is 0. The van der Waals surface area contributed by atoms with Crippen molar-refractivity contribution >= 4 is 5.97 Å². The third kappa shape index (κ3) is 2.25. The molecule has 0 radical (unpaired) electrons. The molecule has 17 heavy (non-hydrogen) atoms. The Balaban J connectivity index is 1.90. The van der Waals surface area contributed by atoms with Crippen molar-refractivity contribution < 1.29 is 14.6 Å². The summed E-state index contributed by atoms with van der Waals surface area (Å²) in [5.74, 6) is 0.599. The average Bonchev–Trinajstić information content (AvgIpc) is 3.16. The molecular weight excluding hydrogens is 218 g/mol. The van der Waals surface area contributed by atoms with Crippen molar-refractivity contribution in [1.29, 1.82) is 0 Å². The summed E-state index contributed by atoms with van der Waals surface area (Å²) in [5.41, 5.74) is 1.09. The minimum Gasteiger partial charge on any atom is -0.490 e. The molecule has 0 aromatic carbocycles. The largest absolute Gasteiger partial charge is 0.490 e. The first-order chi connectivity index (χ1) is 8.25. The quantitative estimate of drug-likeness (QED) is 0.848. The van der Waals surface area contributed by atoms with E-state index in [1.807, 2.05) is 6.07 Å². The Morgan fingerprint density at radius 3 is 2.76 bits per heavy atom. The van der Waals surface area contributed by atoms with Gasteiger partial charge in [0.25, 0.3) is 0 Å². The Bertz CT molecular complexity index is 450. The van der Waals surface area contributed by atoms with Gasteiger partial charge in [-0.3, -0.25) is 0 Å². The van der Waals surface area contributed by atoms with Crippen LogP contribution < -0.4 is 4.74 Å². The fourth-order valence-corrected chi connectivity index (χ4v) is 1.97. The van der Waals surface area contributed by atoms with Crippen LogP contribution in [0.2, 0.25) is 0 Å². The molecule has 3 rings (SSSR count). The van der Waals surface area contributed by atoms with Crippen molar-refractivity contribution in [1.82, 2.24) is 4.98 Å². The van der Waals surface area contributed by atoms with Gasteiger partial charge in [0, 0.05) is 11.8 Å². The maximum Gasteiger partial charge on any atom is 0.358 e. The number of ether oxygens (including phenoxy) is 1. The van der Waals surface area contributed by atoms with Crippen LogP contribution in [0.4, 0.5) is 0 Å². The Kier molecular flexibility index (Phi) is 2.50. The Labute approximate surface area is 99.6 Å². The van der Waals surface area contributed by atoms with Crippen molar-refractivity contribution in [2.75, 3.05) is 6.61 Å². The van der Waals surface area contributed by atoms with Crippen LogP contribution in [0.3, 0.4) is 0 Å². The lowest BCUT2D eigenvalue weighted by atomic mass is 10.1. The molecule has 1 aromatic rings. The molecular formula is C13H15NO3. The van der Waals surface area contributed by atoms with E-state index >= 15 is 0 Å². The number of aromatic carboxylic acids is 1. The highest BCUT2D eigenvalue weighted by molar-refractivity contribution is 5.89. The summed E-state index contributed by atoms with van der Waals surface area (Å²) in [6.45, 7) is 0.631. The van der Waals surface area contributed by atoms with E-state index in [2.05, 4.69) is 4.98 Å². The zero-order chi connectivity index (χ0) is 11.8. The number of nitrogens with zero attached hydrogens (tertiary/aromatic N) is 1. The lowest BCUT2D eigenvalue weighted by Crippen LogP contribution is -2.09. The summed E-state index contributed by atoms with van der Waals surface area (Å²) in [6.07, 6.45) is 6.22. The highest BCUT2D eigenvalue weighted by atomic mass is 16.5. The van der Waals surface area contributed by atoms with E-state index < -0.39 is 5.97 Å². The minimum absolute atomic E-state index is 0.0649. The number of carboxylic acids is 1. The Morgan fingerprint density at radius 2 is 2.18 bits per heavy atom. The standard InChI is InChI=1S/C13H15NO3/c15-13(16)11-12(17-7-8-1-2-8)10(5-6-14-11)9-3-4-9/h5-6,8-9H,1-4,7H2,(H,15,16). The molecule has 4 heteroatoms. The van der Waals surface area contributed by atoms with Crippen LogP contribution >= 0.6 is 0 Å². The maximum atomic E-state index is 11.1. The van der Waals surface area contributed by atoms with Gasteiger partial charge in [-0.1, -0.05) is 0 Å². The van der Waals surface area contributed by atoms with Crippen LogP contribution in [0.5, 0.6) is 5.75 Å². The highest BCUT2D eigenvalue weighted by Crippen LogP contribution is 2.45. The first-order valence-corrected chi connectivity index (χ1v) is 6.10. The maximum absolute atomic E-state index is 11.1. The van der Waals surface area contributed by atoms with Gasteiger partial charge < -0.3 is 9.84 Å². The van der Waals surface area contributed by atoms with E-state index in [1.165, 1.54) is 12.8 Å². The predicted molar refractivity (Wildman–Crippen MR) is 61.4 cm³/mol. The number of hydrogen-bond acceptors (Lipinski definition) is 3. The summed E-state index contributed by atoms with van der Waals surface area (Å²) < 4.78 is 5.71. The first-order valence-electron chi connectivity index (χ1n) is 6.10. The number of carbonyl (C=O) groups is 1. The minimum atomic E-state index is -1.00. The van der Waals surface area contributed by atoms with Crippen molar-refractivity contribution in [3.8, 4) is 5.75 Å². The summed E-state index contributed by atoms with van der Waals surface area (Å²) in [4.78, 5) is 15.1. The molecule has 1 N–H and O–H groups in total. The van der Waals surface area contributed by atoms with Gasteiger partial charge in [-0.2, -0.15) is 0 Å². The fraction of sp³-hybridized carbons (Fsp3) is 0.538. The molecule has 0 spiro atoms. The summed E-state index contributed by atoms with van der Waals surface area (Å²) >= 11 is 0. The molecule has 0 bridgehead atoms. The first kappa shape index (κ1) is 10.6. The molecule has 0 atom stereocenters. The summed E-state index contributed by atoms with van der Waals surface area (Å²) in [6, 6.07) is 1.90. The number of aromatic nitrogens is 1. The van der Waals surface area contributed by atoms with Crippen LogP contribution in [0.15, 0.2) is 12.3 Å². The van der Waals surface area contributed by atoms with Crippen LogP contribution in [0.25, 0.3) is 0 Å². The fourth-order valence-electron chi connectivity index (χ4n) is 1.97. The second-order valence-electron chi connectivity index (χ2n) is 4.91. The molecule has 2 aliphatic carbocycles. The van der Waals surface area contributed by atoms with E-state index in [0.29, 0.717) is 24.2 Å². The van der Waals surface area contributed by atoms with Gasteiger partial charge in [0.2, 0.25) is 0 Å². The van der Waals surface area contributed by atoms with Gasteiger partial charge in [-0.05, 0) is 43.6 Å². The van der Waals surface area contributed by atoms with Crippen molar-refractivity contribution in [2.45, 2.75) is 31.6 Å². The molecule has 0 saturated heterocycles. The lowest BCUT2D eigenvalue weighted by Gasteiger charge is -2.12. The molecule has 4 nitrogen and oxygen atoms in total. The molecule has 1 aromatic heterocycles. The van der Waals surface area contributed by atoms with Gasteiger partial charge in [-0.15, -0.1) is 0 Å². The van der Waals surface area contributed by atoms with Gasteiger partial charge in [0.1, 0.15) is 0 Å². The van der Waals surface area contributed by atoms with Gasteiger partial charge >= 0.3 is 5.97 Å². The highest BCUT2D eigenvalue weighted by Gasteiger charge is 2.31. The predicted octanol–water partition coefficient (Wildman–Crippen LogP) is 2.45. The number of pyridine rings is 1. The molecule has 0 aliphatic heterocycles. The molecule has 2 aliphatic rings. The van der Waals surface area contributed by atoms with Crippen molar-refractivity contribution in [3.05, 3.63) is 23.5 Å². The van der Waals surface area contributed by atoms with Crippen LogP contribution in [0.1, 0.15) is 47.7 Å². The molecule has 2 fully saturated rings. The zero-order valence-electron chi connectivity index (χ0n) is 9.56. The number of rotatable bonds is 5. The molecule has 0 unspecified atom stereocenters. The third-order valence-corrected chi connectivity index (χ3v) is 3.32. The number of hydrogen-bond donors (Lipinski definition) is 1. The Hall–Kier alpha value is -1.58. The lowest BCUT2D eigenvalue weighted by molar-refractivity contribution is 0.0684. The molecule has 1 heterocycles. The molecule has 90 valence electrons. The second kappa shape index (κ2) is 4.02. The van der Waals surface area contributed by atoms with Gasteiger partial charge in [0.15, 0.2) is 11.4 Å². The number of carboxylic acid groups (broad SMARTS) is 1. The molecule has 0 amide bonds. The van der Waals surface area contributed by atoms with Crippen molar-refractivity contribution in [3.63, 3.8) is 0 Å². The second-order valence-corrected chi connectivity index (χ2v) is 4.91. The van der Waals surface area contributed by atoms with Gasteiger partial charge in [-0.25, -0.2) is 9.78 Å². The van der Waals surface area contributed by atoms with Gasteiger partial charge in [0.05, 0.1) is 6.61 Å². The van der Waals surface area contributed by atoms with E-state index in [1.54, 1.807) is 6.20 Å². The van der Waals surface area contributed by atoms with E-state index in [4.69, 9.17) is 9.84 Å². The topological polar surface area (TPSA) is 59.4 Å². The SMILES string of the molecule is O=C(O)c1nccc(C2CC2)c1OCC1CC1. The van der Waals surface area contributed by atoms with E-state index in [-0.39, 0.29) is 5.69 Å². The third-order valence-electron chi connectivity index (χ3n) is 3.32.